The Labute approximate surface area is 125 Å². The molecule has 2 saturated heterocycles. The minimum Gasteiger partial charge on any atom is -0.354 e. The van der Waals surface area contributed by atoms with E-state index in [2.05, 4.69) is 31.6 Å². The number of hydrogen-bond donors (Lipinski definition) is 0. The van der Waals surface area contributed by atoms with E-state index in [-0.39, 0.29) is 0 Å². The van der Waals surface area contributed by atoms with E-state index in [1.807, 2.05) is 6.20 Å². The van der Waals surface area contributed by atoms with E-state index >= 15 is 0 Å². The number of aromatic nitrogens is 2. The molecule has 0 bridgehead atoms. The Kier molecular flexibility index (Phi) is 4.38. The average Bonchev–Trinajstić information content (AvgIpc) is 2.97. The molecular weight excluding hydrogens is 274 g/mol. The highest BCUT2D eigenvalue weighted by Gasteiger charge is 2.30. The van der Waals surface area contributed by atoms with Gasteiger partial charge in [0.05, 0.1) is 12.4 Å². The molecule has 1 aromatic heterocycles. The number of anilines is 1. The standard InChI is InChI=1S/C14H22ClN5/c1-2-18-5-7-19(8-6-18)12-3-4-20(11-12)14-10-16-9-13(15)17-14/h9-10,12H,2-8,11H2,1H3. The highest BCUT2D eigenvalue weighted by molar-refractivity contribution is 6.29. The lowest BCUT2D eigenvalue weighted by Gasteiger charge is -2.37. The Bertz CT molecular complexity index is 447. The fraction of sp³-hybridized carbons (Fsp3) is 0.714. The van der Waals surface area contributed by atoms with Crippen LogP contribution in [0, 0.1) is 0 Å². The van der Waals surface area contributed by atoms with Crippen molar-refractivity contribution in [2.24, 2.45) is 0 Å². The van der Waals surface area contributed by atoms with Crippen LogP contribution in [0.1, 0.15) is 13.3 Å². The number of halogens is 1. The van der Waals surface area contributed by atoms with Crippen molar-refractivity contribution in [1.29, 1.82) is 0 Å². The van der Waals surface area contributed by atoms with Crippen molar-refractivity contribution in [2.75, 3.05) is 50.7 Å². The molecule has 2 fully saturated rings. The van der Waals surface area contributed by atoms with Crippen molar-refractivity contribution in [3.8, 4) is 0 Å². The molecule has 0 saturated carbocycles. The summed E-state index contributed by atoms with van der Waals surface area (Å²) in [6.45, 7) is 10.3. The molecule has 6 heteroatoms. The molecule has 0 spiro atoms. The maximum absolute atomic E-state index is 5.92. The fourth-order valence-electron chi connectivity index (χ4n) is 3.18. The van der Waals surface area contributed by atoms with Gasteiger partial charge in [-0.25, -0.2) is 4.98 Å². The summed E-state index contributed by atoms with van der Waals surface area (Å²) in [7, 11) is 0. The Morgan fingerprint density at radius 3 is 2.70 bits per heavy atom. The van der Waals surface area contributed by atoms with Crippen LogP contribution in [0.3, 0.4) is 0 Å². The summed E-state index contributed by atoms with van der Waals surface area (Å²) in [6, 6.07) is 0.648. The first-order chi connectivity index (χ1) is 9.76. The highest BCUT2D eigenvalue weighted by atomic mass is 35.5. The van der Waals surface area contributed by atoms with Gasteiger partial charge in [0.25, 0.3) is 0 Å². The van der Waals surface area contributed by atoms with Crippen molar-refractivity contribution in [3.05, 3.63) is 17.5 Å². The minimum absolute atomic E-state index is 0.475. The van der Waals surface area contributed by atoms with Gasteiger partial charge in [-0.3, -0.25) is 9.88 Å². The van der Waals surface area contributed by atoms with Gasteiger partial charge in [0.1, 0.15) is 11.0 Å². The second-order valence-electron chi connectivity index (χ2n) is 5.56. The van der Waals surface area contributed by atoms with Crippen LogP contribution in [-0.4, -0.2) is 71.6 Å². The van der Waals surface area contributed by atoms with E-state index in [1.54, 1.807) is 6.20 Å². The highest BCUT2D eigenvalue weighted by Crippen LogP contribution is 2.22. The monoisotopic (exact) mass is 295 g/mol. The molecule has 0 amide bonds. The third kappa shape index (κ3) is 3.05. The zero-order valence-corrected chi connectivity index (χ0v) is 12.8. The van der Waals surface area contributed by atoms with Crippen molar-refractivity contribution in [3.63, 3.8) is 0 Å². The molecule has 0 N–H and O–H groups in total. The number of likely N-dealkylation sites (N-methyl/N-ethyl adjacent to an activating group) is 1. The molecule has 3 heterocycles. The van der Waals surface area contributed by atoms with Gasteiger partial charge in [-0.05, 0) is 13.0 Å². The summed E-state index contributed by atoms with van der Waals surface area (Å²) in [5, 5.41) is 0.475. The van der Waals surface area contributed by atoms with Crippen LogP contribution < -0.4 is 4.90 Å². The molecule has 2 aliphatic heterocycles. The van der Waals surface area contributed by atoms with Crippen LogP contribution in [0.25, 0.3) is 0 Å². The summed E-state index contributed by atoms with van der Waals surface area (Å²) in [4.78, 5) is 15.9. The Balaban J connectivity index is 1.57. The summed E-state index contributed by atoms with van der Waals surface area (Å²) >= 11 is 5.92. The van der Waals surface area contributed by atoms with E-state index < -0.39 is 0 Å². The molecule has 2 aliphatic rings. The SMILES string of the molecule is CCN1CCN(C2CCN(c3cncc(Cl)n3)C2)CC1. The Hall–Kier alpha value is -0.910. The minimum atomic E-state index is 0.475. The van der Waals surface area contributed by atoms with E-state index in [4.69, 9.17) is 11.6 Å². The number of piperazine rings is 1. The molecule has 0 aliphatic carbocycles. The molecule has 110 valence electrons. The maximum Gasteiger partial charge on any atom is 0.149 e. The molecule has 0 radical (unpaired) electrons. The van der Waals surface area contributed by atoms with Gasteiger partial charge in [-0.15, -0.1) is 0 Å². The molecule has 1 unspecified atom stereocenters. The van der Waals surface area contributed by atoms with Gasteiger partial charge in [0.15, 0.2) is 0 Å². The number of nitrogens with zero attached hydrogens (tertiary/aromatic N) is 5. The first-order valence-electron chi connectivity index (χ1n) is 7.45. The van der Waals surface area contributed by atoms with E-state index in [1.165, 1.54) is 39.1 Å². The maximum atomic E-state index is 5.92. The van der Waals surface area contributed by atoms with Crippen molar-refractivity contribution in [2.45, 2.75) is 19.4 Å². The van der Waals surface area contributed by atoms with Gasteiger partial charge in [0.2, 0.25) is 0 Å². The predicted octanol–water partition coefficient (Wildman–Crippen LogP) is 1.35. The first kappa shape index (κ1) is 14.0. The summed E-state index contributed by atoms with van der Waals surface area (Å²) < 4.78 is 0. The van der Waals surface area contributed by atoms with Crippen LogP contribution in [0.4, 0.5) is 5.82 Å². The smallest absolute Gasteiger partial charge is 0.149 e. The Morgan fingerprint density at radius 1 is 1.20 bits per heavy atom. The van der Waals surface area contributed by atoms with Crippen LogP contribution >= 0.6 is 11.6 Å². The van der Waals surface area contributed by atoms with Crippen molar-refractivity contribution < 1.29 is 0 Å². The fourth-order valence-corrected chi connectivity index (χ4v) is 3.32. The summed E-state index contributed by atoms with van der Waals surface area (Å²) in [6.07, 6.45) is 4.60. The van der Waals surface area contributed by atoms with Gasteiger partial charge >= 0.3 is 0 Å². The quantitative estimate of drug-likeness (QED) is 0.841. The van der Waals surface area contributed by atoms with Crippen LogP contribution in [-0.2, 0) is 0 Å². The van der Waals surface area contributed by atoms with Crippen LogP contribution in [0.5, 0.6) is 0 Å². The zero-order chi connectivity index (χ0) is 13.9. The lowest BCUT2D eigenvalue weighted by Crippen LogP contribution is -2.50. The third-order valence-electron chi connectivity index (χ3n) is 4.45. The molecule has 0 aromatic carbocycles. The van der Waals surface area contributed by atoms with E-state index in [0.717, 1.165) is 18.9 Å². The third-order valence-corrected chi connectivity index (χ3v) is 4.63. The lowest BCUT2D eigenvalue weighted by atomic mass is 10.2. The van der Waals surface area contributed by atoms with Gasteiger partial charge in [0, 0.05) is 45.3 Å². The molecule has 5 nitrogen and oxygen atoms in total. The van der Waals surface area contributed by atoms with Gasteiger partial charge in [-0.2, -0.15) is 0 Å². The summed E-state index contributed by atoms with van der Waals surface area (Å²) in [5.41, 5.74) is 0. The Morgan fingerprint density at radius 2 is 2.00 bits per heavy atom. The number of hydrogen-bond acceptors (Lipinski definition) is 5. The molecule has 3 rings (SSSR count). The topological polar surface area (TPSA) is 35.5 Å². The zero-order valence-electron chi connectivity index (χ0n) is 12.0. The molecular formula is C14H22ClN5. The second-order valence-corrected chi connectivity index (χ2v) is 5.95. The normalized spacial score (nSPS) is 25.3. The molecule has 1 atom stereocenters. The molecule has 1 aromatic rings. The summed E-state index contributed by atoms with van der Waals surface area (Å²) in [5.74, 6) is 0.909. The van der Waals surface area contributed by atoms with Crippen LogP contribution in [0.15, 0.2) is 12.4 Å². The largest absolute Gasteiger partial charge is 0.354 e. The first-order valence-corrected chi connectivity index (χ1v) is 7.83. The lowest BCUT2D eigenvalue weighted by molar-refractivity contribution is 0.107. The van der Waals surface area contributed by atoms with E-state index in [0.29, 0.717) is 11.2 Å². The van der Waals surface area contributed by atoms with E-state index in [9.17, 15) is 0 Å². The average molecular weight is 296 g/mol. The number of rotatable bonds is 3. The van der Waals surface area contributed by atoms with Gasteiger partial charge < -0.3 is 9.80 Å². The van der Waals surface area contributed by atoms with Crippen LogP contribution in [0.2, 0.25) is 5.15 Å². The predicted molar refractivity (Wildman–Crippen MR) is 81.3 cm³/mol. The second kappa shape index (κ2) is 6.24. The van der Waals surface area contributed by atoms with Crippen molar-refractivity contribution >= 4 is 17.4 Å². The van der Waals surface area contributed by atoms with Gasteiger partial charge in [-0.1, -0.05) is 18.5 Å². The molecule has 20 heavy (non-hydrogen) atoms. The van der Waals surface area contributed by atoms with Crippen molar-refractivity contribution in [1.82, 2.24) is 19.8 Å².